The highest BCUT2D eigenvalue weighted by Crippen LogP contribution is 2.42. The number of esters is 1. The number of rotatable bonds is 10. The second-order valence-electron chi connectivity index (χ2n) is 9.37. The first-order valence-corrected chi connectivity index (χ1v) is 12.0. The first kappa shape index (κ1) is 24.7. The molecule has 178 valence electrons. The van der Waals surface area contributed by atoms with E-state index in [-0.39, 0.29) is 36.6 Å². The van der Waals surface area contributed by atoms with Crippen molar-refractivity contribution in [3.63, 3.8) is 0 Å². The van der Waals surface area contributed by atoms with Crippen LogP contribution in [0.3, 0.4) is 0 Å². The van der Waals surface area contributed by atoms with E-state index < -0.39 is 12.2 Å². The van der Waals surface area contributed by atoms with Gasteiger partial charge >= 0.3 is 5.97 Å². The fraction of sp³-hybridized carbons (Fsp3) is 0.654. The van der Waals surface area contributed by atoms with Crippen LogP contribution in [0.5, 0.6) is 5.75 Å². The zero-order valence-corrected chi connectivity index (χ0v) is 19.3. The molecule has 3 rings (SSSR count). The van der Waals surface area contributed by atoms with Crippen molar-refractivity contribution in [3.8, 4) is 5.75 Å². The monoisotopic (exact) mass is 446 g/mol. The molecule has 2 aliphatic rings. The lowest BCUT2D eigenvalue weighted by atomic mass is 9.86. The molecule has 1 saturated heterocycles. The van der Waals surface area contributed by atoms with Crippen molar-refractivity contribution in [2.24, 2.45) is 17.8 Å². The summed E-state index contributed by atoms with van der Waals surface area (Å²) >= 11 is 0. The van der Waals surface area contributed by atoms with E-state index in [1.54, 1.807) is 6.08 Å². The molecular weight excluding hydrogens is 408 g/mol. The molecule has 0 bridgehead atoms. The maximum atomic E-state index is 11.7. The number of carbonyl (C=O) groups excluding carboxylic acids is 1. The van der Waals surface area contributed by atoms with Crippen LogP contribution in [0.25, 0.3) is 0 Å². The van der Waals surface area contributed by atoms with Gasteiger partial charge in [-0.25, -0.2) is 0 Å². The van der Waals surface area contributed by atoms with Crippen molar-refractivity contribution in [2.45, 2.75) is 76.8 Å². The number of aliphatic hydroxyl groups is 2. The van der Waals surface area contributed by atoms with Crippen LogP contribution in [0.15, 0.2) is 42.5 Å². The second kappa shape index (κ2) is 12.4. The van der Waals surface area contributed by atoms with Crippen LogP contribution in [0.2, 0.25) is 0 Å². The van der Waals surface area contributed by atoms with Crippen LogP contribution in [0.4, 0.5) is 0 Å². The average Bonchev–Trinajstić information content (AvgIpc) is 2.92. The van der Waals surface area contributed by atoms with Gasteiger partial charge in [-0.2, -0.15) is 0 Å². The summed E-state index contributed by atoms with van der Waals surface area (Å²) in [5.41, 5.74) is 0. The molecule has 2 fully saturated rings. The van der Waals surface area contributed by atoms with Crippen LogP contribution in [-0.2, 0) is 14.3 Å². The maximum absolute atomic E-state index is 11.7. The zero-order valence-electron chi connectivity index (χ0n) is 19.3. The number of aliphatic hydroxyl groups excluding tert-OH is 2. The van der Waals surface area contributed by atoms with Crippen LogP contribution in [0.1, 0.15) is 52.4 Å². The Morgan fingerprint density at radius 3 is 2.78 bits per heavy atom. The number of benzene rings is 1. The Morgan fingerprint density at radius 1 is 1.25 bits per heavy atom. The minimum absolute atomic E-state index is 0.0221. The Balaban J connectivity index is 1.44. The van der Waals surface area contributed by atoms with E-state index in [1.165, 1.54) is 0 Å². The highest BCUT2D eigenvalue weighted by Gasteiger charge is 2.43. The number of hydrogen-bond acceptors (Lipinski definition) is 6. The molecule has 6 heteroatoms. The average molecular weight is 447 g/mol. The van der Waals surface area contributed by atoms with Gasteiger partial charge in [0.15, 0.2) is 0 Å². The van der Waals surface area contributed by atoms with Gasteiger partial charge in [-0.05, 0) is 63.5 Å². The highest BCUT2D eigenvalue weighted by molar-refractivity contribution is 5.69. The summed E-state index contributed by atoms with van der Waals surface area (Å²) in [6.07, 6.45) is 7.33. The van der Waals surface area contributed by atoms with Gasteiger partial charge in [0, 0.05) is 25.4 Å². The van der Waals surface area contributed by atoms with Gasteiger partial charge in [0.25, 0.3) is 0 Å². The number of para-hydroxylation sites is 1. The summed E-state index contributed by atoms with van der Waals surface area (Å²) in [5.74, 6) is 1.25. The maximum Gasteiger partial charge on any atom is 0.306 e. The fourth-order valence-electron chi connectivity index (χ4n) is 4.81. The molecule has 6 atom stereocenters. The molecule has 1 aliphatic carbocycles. The van der Waals surface area contributed by atoms with Gasteiger partial charge in [-0.15, -0.1) is 0 Å². The molecule has 6 nitrogen and oxygen atoms in total. The molecule has 0 amide bonds. The van der Waals surface area contributed by atoms with E-state index in [9.17, 15) is 15.0 Å². The topological polar surface area (TPSA) is 85.2 Å². The van der Waals surface area contributed by atoms with E-state index >= 15 is 0 Å². The molecule has 0 spiro atoms. The van der Waals surface area contributed by atoms with Crippen molar-refractivity contribution in [2.75, 3.05) is 13.2 Å². The number of carbonyl (C=O) groups is 1. The van der Waals surface area contributed by atoms with Crippen molar-refractivity contribution < 1.29 is 29.2 Å². The lowest BCUT2D eigenvalue weighted by Gasteiger charge is -2.21. The Bertz CT molecular complexity index is 718. The number of fused-ring (bicyclic) bond motifs is 1. The van der Waals surface area contributed by atoms with Gasteiger partial charge in [0.1, 0.15) is 18.5 Å². The molecule has 0 aromatic heterocycles. The smallest absolute Gasteiger partial charge is 0.306 e. The van der Waals surface area contributed by atoms with E-state index in [0.29, 0.717) is 25.4 Å². The first-order chi connectivity index (χ1) is 15.4. The molecule has 1 aromatic carbocycles. The van der Waals surface area contributed by atoms with Gasteiger partial charge in [0.05, 0.1) is 18.3 Å². The summed E-state index contributed by atoms with van der Waals surface area (Å²) in [6, 6.07) is 9.41. The summed E-state index contributed by atoms with van der Waals surface area (Å²) in [7, 11) is 0. The van der Waals surface area contributed by atoms with Crippen molar-refractivity contribution >= 4 is 5.97 Å². The molecule has 32 heavy (non-hydrogen) atoms. The van der Waals surface area contributed by atoms with Crippen molar-refractivity contribution in [1.29, 1.82) is 0 Å². The standard InChI is InChI=1S/C26H38O6/c1-18(2)32-26(29)10-6-7-19-11-13-23-22(24(28)15-25(23)31-16-19)14-12-20(27)17-30-21-8-4-3-5-9-21/h3-5,8-9,12,14,18-20,22-25,27-28H,6-7,10-11,13,15-17H2,1-2H3/b14-12+/t19?,20-,22-,23-,24-,25-/m1/s1. The fourth-order valence-corrected chi connectivity index (χ4v) is 4.81. The Morgan fingerprint density at radius 2 is 2.03 bits per heavy atom. The second-order valence-corrected chi connectivity index (χ2v) is 9.37. The minimum Gasteiger partial charge on any atom is -0.491 e. The van der Waals surface area contributed by atoms with E-state index in [1.807, 2.05) is 50.3 Å². The normalized spacial score (nSPS) is 29.0. The van der Waals surface area contributed by atoms with Crippen LogP contribution in [0, 0.1) is 17.8 Å². The largest absolute Gasteiger partial charge is 0.491 e. The lowest BCUT2D eigenvalue weighted by Crippen LogP contribution is -2.22. The molecule has 0 radical (unpaired) electrons. The third-order valence-electron chi connectivity index (χ3n) is 6.42. The Hall–Kier alpha value is -1.89. The summed E-state index contributed by atoms with van der Waals surface area (Å²) < 4.78 is 17.0. The Kier molecular flexibility index (Phi) is 9.57. The van der Waals surface area contributed by atoms with Crippen molar-refractivity contribution in [3.05, 3.63) is 42.5 Å². The first-order valence-electron chi connectivity index (χ1n) is 12.0. The van der Waals surface area contributed by atoms with Gasteiger partial charge in [0.2, 0.25) is 0 Å². The Labute approximate surface area is 191 Å². The molecule has 1 unspecified atom stereocenters. The predicted molar refractivity (Wildman–Crippen MR) is 122 cm³/mol. The number of ether oxygens (including phenoxy) is 3. The molecule has 2 N–H and O–H groups in total. The molecule has 1 aliphatic heterocycles. The predicted octanol–water partition coefficient (Wildman–Crippen LogP) is 3.90. The van der Waals surface area contributed by atoms with Crippen LogP contribution >= 0.6 is 0 Å². The van der Waals surface area contributed by atoms with E-state index in [2.05, 4.69) is 0 Å². The third-order valence-corrected chi connectivity index (χ3v) is 6.42. The number of hydrogen-bond donors (Lipinski definition) is 2. The minimum atomic E-state index is -0.730. The van der Waals surface area contributed by atoms with Gasteiger partial charge in [-0.1, -0.05) is 30.4 Å². The third kappa shape index (κ3) is 7.61. The molecule has 1 saturated carbocycles. The SMILES string of the molecule is CC(C)OC(=O)CCCC1CC[C@@H]2[C@@H](/C=C/[C@@H](O)COc3ccccc3)[C@H](O)C[C@H]2OC1. The zero-order chi connectivity index (χ0) is 22.9. The van der Waals surface area contributed by atoms with Crippen molar-refractivity contribution in [1.82, 2.24) is 0 Å². The summed E-state index contributed by atoms with van der Waals surface area (Å²) in [4.78, 5) is 11.7. The van der Waals surface area contributed by atoms with Gasteiger partial charge in [-0.3, -0.25) is 4.79 Å². The quantitative estimate of drug-likeness (QED) is 0.419. The lowest BCUT2D eigenvalue weighted by molar-refractivity contribution is -0.147. The molecule has 1 aromatic rings. The highest BCUT2D eigenvalue weighted by atomic mass is 16.5. The van der Waals surface area contributed by atoms with E-state index in [0.717, 1.165) is 31.4 Å². The summed E-state index contributed by atoms with van der Waals surface area (Å²) in [6.45, 7) is 4.58. The molecular formula is C26H38O6. The van der Waals surface area contributed by atoms with Crippen LogP contribution in [-0.4, -0.2) is 53.8 Å². The van der Waals surface area contributed by atoms with Gasteiger partial charge < -0.3 is 24.4 Å². The summed E-state index contributed by atoms with van der Waals surface area (Å²) in [5, 5.41) is 20.9. The molecule has 1 heterocycles. The van der Waals surface area contributed by atoms with E-state index in [4.69, 9.17) is 14.2 Å². The van der Waals surface area contributed by atoms with Crippen LogP contribution < -0.4 is 4.74 Å².